The van der Waals surface area contributed by atoms with Crippen LogP contribution in [0.25, 0.3) is 0 Å². The number of nitrogens with zero attached hydrogens (tertiary/aromatic N) is 2. The molecule has 2 heterocycles. The highest BCUT2D eigenvalue weighted by atomic mass is 35.5. The van der Waals surface area contributed by atoms with Crippen molar-refractivity contribution < 1.29 is 23.9 Å². The van der Waals surface area contributed by atoms with E-state index in [0.29, 0.717) is 40.9 Å². The Balaban J connectivity index is 1.45. The van der Waals surface area contributed by atoms with Crippen molar-refractivity contribution in [1.29, 1.82) is 0 Å². The van der Waals surface area contributed by atoms with Crippen LogP contribution in [0.4, 0.5) is 17.1 Å². The van der Waals surface area contributed by atoms with Gasteiger partial charge >= 0.3 is 0 Å². The molecule has 2 aliphatic rings. The van der Waals surface area contributed by atoms with Crippen LogP contribution >= 0.6 is 11.6 Å². The van der Waals surface area contributed by atoms with Gasteiger partial charge in [0.2, 0.25) is 17.7 Å². The fourth-order valence-electron chi connectivity index (χ4n) is 4.06. The summed E-state index contributed by atoms with van der Waals surface area (Å²) in [6, 6.07) is 10.4. The van der Waals surface area contributed by atoms with E-state index < -0.39 is 5.92 Å². The first-order valence-corrected chi connectivity index (χ1v) is 10.7. The van der Waals surface area contributed by atoms with Crippen LogP contribution in [0.1, 0.15) is 19.3 Å². The third kappa shape index (κ3) is 4.23. The van der Waals surface area contributed by atoms with Gasteiger partial charge in [-0.05, 0) is 36.8 Å². The van der Waals surface area contributed by atoms with Crippen molar-refractivity contribution in [2.75, 3.05) is 42.4 Å². The van der Waals surface area contributed by atoms with Crippen LogP contribution in [0.15, 0.2) is 36.4 Å². The fourth-order valence-corrected chi connectivity index (χ4v) is 4.30. The Morgan fingerprint density at radius 3 is 2.38 bits per heavy atom. The maximum atomic E-state index is 12.8. The van der Waals surface area contributed by atoms with E-state index >= 15 is 0 Å². The number of carbonyl (C=O) groups is 3. The van der Waals surface area contributed by atoms with E-state index in [4.69, 9.17) is 21.1 Å². The molecule has 0 spiro atoms. The highest BCUT2D eigenvalue weighted by Gasteiger charge is 2.36. The first-order valence-electron chi connectivity index (χ1n) is 10.3. The minimum absolute atomic E-state index is 0.0823. The van der Waals surface area contributed by atoms with Gasteiger partial charge in [0.05, 0.1) is 30.8 Å². The van der Waals surface area contributed by atoms with Gasteiger partial charge in [0, 0.05) is 43.4 Å². The lowest BCUT2D eigenvalue weighted by atomic mass is 10.1. The molecule has 4 rings (SSSR count). The van der Waals surface area contributed by atoms with E-state index in [1.165, 1.54) is 19.1 Å². The average molecular weight is 458 g/mol. The third-order valence-corrected chi connectivity index (χ3v) is 6.06. The topological polar surface area (TPSA) is 88.2 Å². The number of methoxy groups -OCH3 is 2. The molecule has 1 N–H and O–H groups in total. The number of hydrogen-bond acceptors (Lipinski definition) is 5. The lowest BCUT2D eigenvalue weighted by Crippen LogP contribution is -2.28. The molecule has 0 aromatic heterocycles. The van der Waals surface area contributed by atoms with Crippen LogP contribution in [-0.2, 0) is 14.4 Å². The van der Waals surface area contributed by atoms with Crippen molar-refractivity contribution in [3.63, 3.8) is 0 Å². The highest BCUT2D eigenvalue weighted by Crippen LogP contribution is 2.40. The van der Waals surface area contributed by atoms with Crippen LogP contribution in [0, 0.1) is 5.92 Å². The molecule has 1 atom stereocenters. The Labute approximate surface area is 191 Å². The molecule has 2 fully saturated rings. The first kappa shape index (κ1) is 22.0. The van der Waals surface area contributed by atoms with Gasteiger partial charge < -0.3 is 24.6 Å². The zero-order valence-electron chi connectivity index (χ0n) is 17.9. The summed E-state index contributed by atoms with van der Waals surface area (Å²) in [7, 11) is 2.99. The van der Waals surface area contributed by atoms with Gasteiger partial charge in [-0.15, -0.1) is 0 Å². The van der Waals surface area contributed by atoms with E-state index in [-0.39, 0.29) is 30.7 Å². The summed E-state index contributed by atoms with van der Waals surface area (Å²) in [5.74, 6) is 0.0327. The van der Waals surface area contributed by atoms with Crippen LogP contribution in [0.5, 0.6) is 11.5 Å². The van der Waals surface area contributed by atoms with Crippen molar-refractivity contribution in [2.24, 2.45) is 5.92 Å². The number of hydrogen-bond donors (Lipinski definition) is 1. The number of ether oxygens (including phenoxy) is 2. The van der Waals surface area contributed by atoms with Crippen molar-refractivity contribution >= 4 is 46.4 Å². The lowest BCUT2D eigenvalue weighted by molar-refractivity contribution is -0.122. The summed E-state index contributed by atoms with van der Waals surface area (Å²) in [6.45, 7) is 0.924. The lowest BCUT2D eigenvalue weighted by Gasteiger charge is -2.21. The molecule has 9 heteroatoms. The summed E-state index contributed by atoms with van der Waals surface area (Å²) >= 11 is 6.24. The number of anilines is 3. The quantitative estimate of drug-likeness (QED) is 0.717. The largest absolute Gasteiger partial charge is 0.495 e. The van der Waals surface area contributed by atoms with Crippen molar-refractivity contribution in [3.05, 3.63) is 41.4 Å². The summed E-state index contributed by atoms with van der Waals surface area (Å²) in [5.41, 5.74) is 1.93. The van der Waals surface area contributed by atoms with Gasteiger partial charge in [0.15, 0.2) is 0 Å². The molecule has 0 saturated carbocycles. The summed E-state index contributed by atoms with van der Waals surface area (Å²) in [4.78, 5) is 40.6. The summed E-state index contributed by atoms with van der Waals surface area (Å²) in [5, 5.41) is 3.21. The fraction of sp³-hybridized carbons (Fsp3) is 0.348. The van der Waals surface area contributed by atoms with Gasteiger partial charge in [-0.3, -0.25) is 14.4 Å². The zero-order valence-corrected chi connectivity index (χ0v) is 18.6. The molecule has 2 aromatic carbocycles. The molecular weight excluding hydrogens is 434 g/mol. The predicted molar refractivity (Wildman–Crippen MR) is 122 cm³/mol. The molecule has 0 radical (unpaired) electrons. The molecule has 3 amide bonds. The Bertz CT molecular complexity index is 1060. The number of carbonyl (C=O) groups excluding carboxylic acids is 3. The molecule has 32 heavy (non-hydrogen) atoms. The molecular formula is C23H24ClN3O5. The van der Waals surface area contributed by atoms with Crippen molar-refractivity contribution in [2.45, 2.75) is 19.3 Å². The summed E-state index contributed by atoms with van der Waals surface area (Å²) < 4.78 is 10.6. The molecule has 0 unspecified atom stereocenters. The maximum absolute atomic E-state index is 12.8. The smallest absolute Gasteiger partial charge is 0.229 e. The minimum Gasteiger partial charge on any atom is -0.495 e. The van der Waals surface area contributed by atoms with Crippen LogP contribution in [0.2, 0.25) is 5.02 Å². The monoisotopic (exact) mass is 457 g/mol. The molecule has 0 aliphatic carbocycles. The van der Waals surface area contributed by atoms with Gasteiger partial charge in [-0.25, -0.2) is 0 Å². The second-order valence-corrected chi connectivity index (χ2v) is 8.16. The second-order valence-electron chi connectivity index (χ2n) is 7.75. The SMILES string of the molecule is COc1cc(OC)c(N2C[C@H](C(=O)Nc3ccc(N4CCCC4=O)cc3)CC2=O)cc1Cl. The van der Waals surface area contributed by atoms with Crippen molar-refractivity contribution in [3.8, 4) is 11.5 Å². The normalized spacial score (nSPS) is 18.3. The van der Waals surface area contributed by atoms with Crippen molar-refractivity contribution in [1.82, 2.24) is 0 Å². The summed E-state index contributed by atoms with van der Waals surface area (Å²) in [6.07, 6.45) is 1.50. The standard InChI is InChI=1S/C23H24ClN3O5/c1-31-19-12-20(32-2)18(11-17(19)24)27-13-14(10-22(27)29)23(30)25-15-5-7-16(8-6-15)26-9-3-4-21(26)28/h5-8,11-12,14H,3-4,9-10,13H2,1-2H3,(H,25,30)/t14-/m1/s1. The first-order chi connectivity index (χ1) is 15.4. The molecule has 0 bridgehead atoms. The number of benzene rings is 2. The maximum Gasteiger partial charge on any atom is 0.229 e. The van der Waals surface area contributed by atoms with E-state index in [1.807, 2.05) is 12.1 Å². The van der Waals surface area contributed by atoms with Crippen LogP contribution in [0.3, 0.4) is 0 Å². The van der Waals surface area contributed by atoms with Gasteiger partial charge in [0.25, 0.3) is 0 Å². The Hall–Kier alpha value is -3.26. The highest BCUT2D eigenvalue weighted by molar-refractivity contribution is 6.32. The Morgan fingerprint density at radius 1 is 1.03 bits per heavy atom. The molecule has 2 aliphatic heterocycles. The van der Waals surface area contributed by atoms with Crippen LogP contribution in [-0.4, -0.2) is 45.0 Å². The number of nitrogens with one attached hydrogen (secondary N) is 1. The van der Waals surface area contributed by atoms with E-state index in [9.17, 15) is 14.4 Å². The van der Waals surface area contributed by atoms with E-state index in [1.54, 1.807) is 29.2 Å². The zero-order chi connectivity index (χ0) is 22.8. The van der Waals surface area contributed by atoms with Gasteiger partial charge in [-0.1, -0.05) is 11.6 Å². The third-order valence-electron chi connectivity index (χ3n) is 5.76. The molecule has 8 nitrogen and oxygen atoms in total. The average Bonchev–Trinajstić information content (AvgIpc) is 3.39. The predicted octanol–water partition coefficient (Wildman–Crippen LogP) is 3.48. The number of rotatable bonds is 6. The van der Waals surface area contributed by atoms with E-state index in [0.717, 1.165) is 12.1 Å². The molecule has 168 valence electrons. The second kappa shape index (κ2) is 9.08. The molecule has 2 saturated heterocycles. The molecule has 2 aromatic rings. The minimum atomic E-state index is -0.520. The van der Waals surface area contributed by atoms with Gasteiger partial charge in [0.1, 0.15) is 11.5 Å². The number of halogens is 1. The van der Waals surface area contributed by atoms with Crippen LogP contribution < -0.4 is 24.6 Å². The van der Waals surface area contributed by atoms with E-state index in [2.05, 4.69) is 5.32 Å². The Morgan fingerprint density at radius 2 is 1.75 bits per heavy atom. The van der Waals surface area contributed by atoms with Gasteiger partial charge in [-0.2, -0.15) is 0 Å². The Kier molecular flexibility index (Phi) is 6.23. The number of amides is 3.